The van der Waals surface area contributed by atoms with Gasteiger partial charge in [-0.1, -0.05) is 0 Å². The molecule has 9 nitrogen and oxygen atoms in total. The number of hydrogen-bond donors (Lipinski definition) is 1. The lowest BCUT2D eigenvalue weighted by Crippen LogP contribution is -2.43. The molecule has 0 aromatic carbocycles. The maximum absolute atomic E-state index is 13.1. The Morgan fingerprint density at radius 1 is 1.10 bits per heavy atom. The lowest BCUT2D eigenvalue weighted by molar-refractivity contribution is -0.139. The molecule has 0 spiro atoms. The van der Waals surface area contributed by atoms with Crippen LogP contribution in [0.25, 0.3) is 0 Å². The molecular formula is C22H34N6O3. The number of aromatic nitrogens is 2. The van der Waals surface area contributed by atoms with Crippen molar-refractivity contribution in [1.82, 2.24) is 25.1 Å². The number of rotatable bonds is 5. The molecule has 0 bridgehead atoms. The van der Waals surface area contributed by atoms with E-state index >= 15 is 0 Å². The first-order chi connectivity index (χ1) is 14.7. The van der Waals surface area contributed by atoms with Gasteiger partial charge in [0.05, 0.1) is 11.3 Å². The summed E-state index contributed by atoms with van der Waals surface area (Å²) in [6, 6.07) is 0.0106. The predicted octanol–water partition coefficient (Wildman–Crippen LogP) is 1.26. The summed E-state index contributed by atoms with van der Waals surface area (Å²) in [5, 5.41) is 2.93. The Morgan fingerprint density at radius 3 is 2.32 bits per heavy atom. The van der Waals surface area contributed by atoms with Crippen LogP contribution < -0.4 is 10.2 Å². The fraction of sp³-hybridized carbons (Fsp3) is 0.682. The molecule has 1 atom stereocenters. The average molecular weight is 431 g/mol. The normalized spacial score (nSPS) is 19.6. The van der Waals surface area contributed by atoms with Crippen molar-refractivity contribution in [1.29, 1.82) is 0 Å². The van der Waals surface area contributed by atoms with Crippen LogP contribution in [0.2, 0.25) is 0 Å². The molecule has 1 N–H and O–H groups in total. The first kappa shape index (κ1) is 23.0. The van der Waals surface area contributed by atoms with Gasteiger partial charge in [0, 0.05) is 71.3 Å². The molecule has 0 aliphatic carbocycles. The van der Waals surface area contributed by atoms with Gasteiger partial charge < -0.3 is 20.0 Å². The first-order valence-corrected chi connectivity index (χ1v) is 11.1. The summed E-state index contributed by atoms with van der Waals surface area (Å²) in [4.78, 5) is 51.9. The van der Waals surface area contributed by atoms with E-state index in [4.69, 9.17) is 4.98 Å². The van der Waals surface area contributed by atoms with Gasteiger partial charge in [-0.3, -0.25) is 14.4 Å². The standard InChI is InChI=1S/C22H34N6O3/c1-14(2)24-20(30)18-12-23-22(26(4)5)25-19(18)17-8-11-28(13-17)21(31)16-6-9-27(10-7-16)15(3)29/h12,14,16-17H,6-11,13H2,1-5H3,(H,24,30). The van der Waals surface area contributed by atoms with E-state index in [-0.39, 0.29) is 35.6 Å². The zero-order valence-electron chi connectivity index (χ0n) is 19.2. The van der Waals surface area contributed by atoms with Crippen LogP contribution in [0.1, 0.15) is 62.0 Å². The van der Waals surface area contributed by atoms with Crippen LogP contribution in [0.15, 0.2) is 6.20 Å². The van der Waals surface area contributed by atoms with E-state index in [2.05, 4.69) is 10.3 Å². The summed E-state index contributed by atoms with van der Waals surface area (Å²) >= 11 is 0. The van der Waals surface area contributed by atoms with Crippen molar-refractivity contribution in [3.05, 3.63) is 17.5 Å². The number of amides is 3. The van der Waals surface area contributed by atoms with Crippen molar-refractivity contribution < 1.29 is 14.4 Å². The SMILES string of the molecule is CC(=O)N1CCC(C(=O)N2CCC(c3nc(N(C)C)ncc3C(=O)NC(C)C)C2)CC1. The van der Waals surface area contributed by atoms with Crippen LogP contribution in [0, 0.1) is 5.92 Å². The van der Waals surface area contributed by atoms with Gasteiger partial charge in [0.25, 0.3) is 5.91 Å². The van der Waals surface area contributed by atoms with E-state index in [1.807, 2.05) is 37.7 Å². The molecule has 9 heteroatoms. The number of hydrogen-bond acceptors (Lipinski definition) is 6. The molecular weight excluding hydrogens is 396 g/mol. The summed E-state index contributed by atoms with van der Waals surface area (Å²) in [7, 11) is 3.73. The number of nitrogens with zero attached hydrogens (tertiary/aromatic N) is 5. The number of piperidine rings is 1. The smallest absolute Gasteiger partial charge is 0.254 e. The van der Waals surface area contributed by atoms with Crippen LogP contribution in [0.5, 0.6) is 0 Å². The van der Waals surface area contributed by atoms with Gasteiger partial charge in [0.1, 0.15) is 0 Å². The third-order valence-corrected chi connectivity index (χ3v) is 6.05. The van der Waals surface area contributed by atoms with Crippen molar-refractivity contribution in [2.45, 2.75) is 52.0 Å². The van der Waals surface area contributed by atoms with E-state index < -0.39 is 0 Å². The third kappa shape index (κ3) is 5.32. The fourth-order valence-corrected chi connectivity index (χ4v) is 4.31. The maximum atomic E-state index is 13.1. The molecule has 0 saturated carbocycles. The Kier molecular flexibility index (Phi) is 7.12. The highest BCUT2D eigenvalue weighted by Gasteiger charge is 2.35. The molecule has 3 amide bonds. The molecule has 1 aromatic heterocycles. The summed E-state index contributed by atoms with van der Waals surface area (Å²) < 4.78 is 0. The summed E-state index contributed by atoms with van der Waals surface area (Å²) in [6.07, 6.45) is 3.78. The van der Waals surface area contributed by atoms with Crippen molar-refractivity contribution in [3.8, 4) is 0 Å². The molecule has 2 fully saturated rings. The van der Waals surface area contributed by atoms with E-state index in [0.29, 0.717) is 56.2 Å². The lowest BCUT2D eigenvalue weighted by atomic mass is 9.95. The molecule has 3 rings (SSSR count). The molecule has 1 aromatic rings. The largest absolute Gasteiger partial charge is 0.350 e. The summed E-state index contributed by atoms with van der Waals surface area (Å²) in [5.41, 5.74) is 1.19. The summed E-state index contributed by atoms with van der Waals surface area (Å²) in [5.74, 6) is 0.548. The zero-order valence-corrected chi connectivity index (χ0v) is 19.2. The Bertz CT molecular complexity index is 833. The molecule has 31 heavy (non-hydrogen) atoms. The fourth-order valence-electron chi connectivity index (χ4n) is 4.31. The second kappa shape index (κ2) is 9.62. The Balaban J connectivity index is 1.73. The van der Waals surface area contributed by atoms with E-state index in [1.165, 1.54) is 0 Å². The Hall–Kier alpha value is -2.71. The maximum Gasteiger partial charge on any atom is 0.254 e. The van der Waals surface area contributed by atoms with Crippen molar-refractivity contribution in [3.63, 3.8) is 0 Å². The third-order valence-electron chi connectivity index (χ3n) is 6.05. The molecule has 1 unspecified atom stereocenters. The van der Waals surface area contributed by atoms with Gasteiger partial charge in [-0.05, 0) is 33.1 Å². The summed E-state index contributed by atoms with van der Waals surface area (Å²) in [6.45, 7) is 7.89. The minimum atomic E-state index is -0.184. The molecule has 170 valence electrons. The number of nitrogens with one attached hydrogen (secondary N) is 1. The highest BCUT2D eigenvalue weighted by molar-refractivity contribution is 5.95. The number of carbonyl (C=O) groups is 3. The second-order valence-corrected chi connectivity index (χ2v) is 9.04. The molecule has 2 aliphatic rings. The van der Waals surface area contributed by atoms with Crippen LogP contribution in [0.3, 0.4) is 0 Å². The van der Waals surface area contributed by atoms with Gasteiger partial charge >= 0.3 is 0 Å². The Labute approximate surface area is 184 Å². The second-order valence-electron chi connectivity index (χ2n) is 9.04. The van der Waals surface area contributed by atoms with E-state index in [9.17, 15) is 14.4 Å². The highest BCUT2D eigenvalue weighted by atomic mass is 16.2. The van der Waals surface area contributed by atoms with E-state index in [0.717, 1.165) is 6.42 Å². The van der Waals surface area contributed by atoms with Crippen LogP contribution in [-0.2, 0) is 9.59 Å². The van der Waals surface area contributed by atoms with Crippen LogP contribution in [-0.4, -0.2) is 83.8 Å². The molecule has 2 saturated heterocycles. The van der Waals surface area contributed by atoms with Gasteiger partial charge in [-0.2, -0.15) is 0 Å². The molecule has 2 aliphatic heterocycles. The number of likely N-dealkylation sites (tertiary alicyclic amines) is 2. The first-order valence-electron chi connectivity index (χ1n) is 11.1. The minimum Gasteiger partial charge on any atom is -0.350 e. The zero-order chi connectivity index (χ0) is 22.7. The minimum absolute atomic E-state index is 0.00382. The Morgan fingerprint density at radius 2 is 1.74 bits per heavy atom. The quantitative estimate of drug-likeness (QED) is 0.755. The van der Waals surface area contributed by atoms with Gasteiger partial charge in [-0.15, -0.1) is 0 Å². The molecule has 3 heterocycles. The average Bonchev–Trinajstić information content (AvgIpc) is 3.22. The van der Waals surface area contributed by atoms with Crippen molar-refractivity contribution in [2.75, 3.05) is 45.2 Å². The number of carbonyl (C=O) groups excluding carboxylic acids is 3. The molecule has 0 radical (unpaired) electrons. The number of anilines is 1. The van der Waals surface area contributed by atoms with Crippen LogP contribution >= 0.6 is 0 Å². The van der Waals surface area contributed by atoms with Gasteiger partial charge in [0.2, 0.25) is 17.8 Å². The van der Waals surface area contributed by atoms with E-state index in [1.54, 1.807) is 18.0 Å². The van der Waals surface area contributed by atoms with Gasteiger partial charge in [0.15, 0.2) is 0 Å². The monoisotopic (exact) mass is 430 g/mol. The van der Waals surface area contributed by atoms with Crippen molar-refractivity contribution in [2.24, 2.45) is 5.92 Å². The lowest BCUT2D eigenvalue weighted by Gasteiger charge is -2.32. The predicted molar refractivity (Wildman–Crippen MR) is 118 cm³/mol. The van der Waals surface area contributed by atoms with Crippen LogP contribution in [0.4, 0.5) is 5.95 Å². The highest BCUT2D eigenvalue weighted by Crippen LogP contribution is 2.31. The topological polar surface area (TPSA) is 98.7 Å². The van der Waals surface area contributed by atoms with Gasteiger partial charge in [-0.25, -0.2) is 9.97 Å². The van der Waals surface area contributed by atoms with Crippen molar-refractivity contribution >= 4 is 23.7 Å².